The number of ether oxygens (including phenoxy) is 1. The topological polar surface area (TPSA) is 38.3 Å². The van der Waals surface area contributed by atoms with Crippen LogP contribution in [0.5, 0.6) is 5.75 Å². The van der Waals surface area contributed by atoms with Crippen LogP contribution in [0.2, 0.25) is 0 Å². The zero-order chi connectivity index (χ0) is 16.7. The van der Waals surface area contributed by atoms with Crippen molar-refractivity contribution in [3.05, 3.63) is 64.1 Å². The van der Waals surface area contributed by atoms with Crippen LogP contribution < -0.4 is 10.1 Å². The fourth-order valence-electron chi connectivity index (χ4n) is 2.28. The van der Waals surface area contributed by atoms with Crippen LogP contribution in [0.15, 0.2) is 53.0 Å². The maximum atomic E-state index is 12.0. The van der Waals surface area contributed by atoms with E-state index in [0.717, 1.165) is 22.9 Å². The summed E-state index contributed by atoms with van der Waals surface area (Å²) in [4.78, 5) is 12.0. The molecule has 0 aliphatic carbocycles. The summed E-state index contributed by atoms with van der Waals surface area (Å²) < 4.78 is 6.42. The van der Waals surface area contributed by atoms with Gasteiger partial charge in [-0.05, 0) is 65.9 Å². The fraction of sp³-hybridized carbons (Fsp3) is 0.316. The molecule has 0 spiro atoms. The average Bonchev–Trinajstić information content (AvgIpc) is 2.53. The predicted molar refractivity (Wildman–Crippen MR) is 96.7 cm³/mol. The van der Waals surface area contributed by atoms with Crippen molar-refractivity contribution in [2.75, 3.05) is 6.61 Å². The molecular formula is C19H22BrNO2. The van der Waals surface area contributed by atoms with Gasteiger partial charge in [0, 0.05) is 6.04 Å². The van der Waals surface area contributed by atoms with Gasteiger partial charge in [0.15, 0.2) is 6.61 Å². The third kappa shape index (κ3) is 6.06. The SMILES string of the molecule is Cc1ccc(OCC(=O)NC(C)CCc2ccccc2)c(Br)c1. The fourth-order valence-corrected chi connectivity index (χ4v) is 2.89. The van der Waals surface area contributed by atoms with Crippen molar-refractivity contribution in [3.8, 4) is 5.75 Å². The maximum absolute atomic E-state index is 12.0. The van der Waals surface area contributed by atoms with Crippen molar-refractivity contribution in [3.63, 3.8) is 0 Å². The second-order valence-electron chi connectivity index (χ2n) is 5.72. The van der Waals surface area contributed by atoms with Crippen LogP contribution in [0.1, 0.15) is 24.5 Å². The van der Waals surface area contributed by atoms with Gasteiger partial charge in [-0.15, -0.1) is 0 Å². The lowest BCUT2D eigenvalue weighted by atomic mass is 10.1. The Balaban J connectivity index is 1.73. The molecule has 0 saturated heterocycles. The van der Waals surface area contributed by atoms with Crippen LogP contribution in [0.3, 0.4) is 0 Å². The highest BCUT2D eigenvalue weighted by atomic mass is 79.9. The van der Waals surface area contributed by atoms with E-state index in [1.165, 1.54) is 5.56 Å². The van der Waals surface area contributed by atoms with Crippen molar-refractivity contribution < 1.29 is 9.53 Å². The molecule has 0 aliphatic heterocycles. The Hall–Kier alpha value is -1.81. The smallest absolute Gasteiger partial charge is 0.258 e. The Labute approximate surface area is 146 Å². The number of aryl methyl sites for hydroxylation is 2. The second kappa shape index (κ2) is 8.73. The number of halogens is 1. The zero-order valence-corrected chi connectivity index (χ0v) is 15.1. The highest BCUT2D eigenvalue weighted by Crippen LogP contribution is 2.25. The molecule has 0 saturated carbocycles. The van der Waals surface area contributed by atoms with E-state index in [0.29, 0.717) is 5.75 Å². The van der Waals surface area contributed by atoms with Gasteiger partial charge in [0.25, 0.3) is 5.91 Å². The van der Waals surface area contributed by atoms with Gasteiger partial charge in [-0.3, -0.25) is 4.79 Å². The van der Waals surface area contributed by atoms with Crippen LogP contribution >= 0.6 is 15.9 Å². The number of carbonyl (C=O) groups is 1. The summed E-state index contributed by atoms with van der Waals surface area (Å²) in [5.41, 5.74) is 2.43. The number of hydrogen-bond donors (Lipinski definition) is 1. The molecule has 3 nitrogen and oxygen atoms in total. The number of rotatable bonds is 7. The van der Waals surface area contributed by atoms with Crippen molar-refractivity contribution in [1.82, 2.24) is 5.32 Å². The van der Waals surface area contributed by atoms with E-state index in [2.05, 4.69) is 33.4 Å². The van der Waals surface area contributed by atoms with Gasteiger partial charge < -0.3 is 10.1 Å². The maximum Gasteiger partial charge on any atom is 0.258 e. The number of benzene rings is 2. The summed E-state index contributed by atoms with van der Waals surface area (Å²) in [5, 5.41) is 2.97. The Morgan fingerprint density at radius 3 is 2.65 bits per heavy atom. The summed E-state index contributed by atoms with van der Waals surface area (Å²) in [7, 11) is 0. The first-order valence-corrected chi connectivity index (χ1v) is 8.56. The molecule has 2 aromatic carbocycles. The third-order valence-corrected chi connectivity index (χ3v) is 4.18. The van der Waals surface area contributed by atoms with Gasteiger partial charge in [-0.1, -0.05) is 36.4 Å². The molecule has 0 aromatic heterocycles. The molecule has 122 valence electrons. The van der Waals surface area contributed by atoms with Gasteiger partial charge in [-0.25, -0.2) is 0 Å². The van der Waals surface area contributed by atoms with Crippen molar-refractivity contribution >= 4 is 21.8 Å². The van der Waals surface area contributed by atoms with E-state index in [1.807, 2.05) is 50.2 Å². The lowest BCUT2D eigenvalue weighted by Crippen LogP contribution is -2.36. The number of amides is 1. The minimum absolute atomic E-state index is 0.0251. The molecule has 0 radical (unpaired) electrons. The Morgan fingerprint density at radius 2 is 1.96 bits per heavy atom. The standard InChI is InChI=1S/C19H22BrNO2/c1-14-8-11-18(17(20)12-14)23-13-19(22)21-15(2)9-10-16-6-4-3-5-7-16/h3-8,11-12,15H,9-10,13H2,1-2H3,(H,21,22). The molecule has 1 unspecified atom stereocenters. The first-order valence-electron chi connectivity index (χ1n) is 7.77. The van der Waals surface area contributed by atoms with Crippen LogP contribution in [0.25, 0.3) is 0 Å². The number of carbonyl (C=O) groups excluding carboxylic acids is 1. The van der Waals surface area contributed by atoms with Gasteiger partial charge in [0.05, 0.1) is 4.47 Å². The Morgan fingerprint density at radius 1 is 1.22 bits per heavy atom. The minimum atomic E-state index is -0.0990. The van der Waals surface area contributed by atoms with E-state index in [-0.39, 0.29) is 18.6 Å². The van der Waals surface area contributed by atoms with E-state index in [9.17, 15) is 4.79 Å². The summed E-state index contributed by atoms with van der Waals surface area (Å²) in [6.07, 6.45) is 1.86. The summed E-state index contributed by atoms with van der Waals surface area (Å²) in [6.45, 7) is 4.05. The molecular weight excluding hydrogens is 354 g/mol. The van der Waals surface area contributed by atoms with E-state index < -0.39 is 0 Å². The molecule has 23 heavy (non-hydrogen) atoms. The molecule has 0 fully saturated rings. The molecule has 2 aromatic rings. The molecule has 0 heterocycles. The molecule has 4 heteroatoms. The minimum Gasteiger partial charge on any atom is -0.483 e. The highest BCUT2D eigenvalue weighted by Gasteiger charge is 2.09. The Bertz CT molecular complexity index is 643. The summed E-state index contributed by atoms with van der Waals surface area (Å²) in [5.74, 6) is 0.584. The summed E-state index contributed by atoms with van der Waals surface area (Å²) >= 11 is 3.44. The zero-order valence-electron chi connectivity index (χ0n) is 13.5. The van der Waals surface area contributed by atoms with Gasteiger partial charge >= 0.3 is 0 Å². The highest BCUT2D eigenvalue weighted by molar-refractivity contribution is 9.10. The Kier molecular flexibility index (Phi) is 6.66. The number of nitrogens with one attached hydrogen (secondary N) is 1. The van der Waals surface area contributed by atoms with Crippen molar-refractivity contribution in [2.45, 2.75) is 32.7 Å². The van der Waals surface area contributed by atoms with Gasteiger partial charge in [0.2, 0.25) is 0 Å². The second-order valence-corrected chi connectivity index (χ2v) is 6.57. The third-order valence-electron chi connectivity index (χ3n) is 3.56. The molecule has 1 amide bonds. The van der Waals surface area contributed by atoms with Gasteiger partial charge in [-0.2, -0.15) is 0 Å². The van der Waals surface area contributed by atoms with Crippen LogP contribution in [-0.4, -0.2) is 18.6 Å². The van der Waals surface area contributed by atoms with Crippen LogP contribution in [0.4, 0.5) is 0 Å². The molecule has 1 atom stereocenters. The van der Waals surface area contributed by atoms with Gasteiger partial charge in [0.1, 0.15) is 5.75 Å². The monoisotopic (exact) mass is 375 g/mol. The normalized spacial score (nSPS) is 11.8. The quantitative estimate of drug-likeness (QED) is 0.784. The molecule has 0 aliphatic rings. The largest absolute Gasteiger partial charge is 0.483 e. The van der Waals surface area contributed by atoms with Crippen LogP contribution in [-0.2, 0) is 11.2 Å². The predicted octanol–water partition coefficient (Wildman–Crippen LogP) is 4.27. The van der Waals surface area contributed by atoms with Crippen molar-refractivity contribution in [2.24, 2.45) is 0 Å². The van der Waals surface area contributed by atoms with E-state index in [1.54, 1.807) is 0 Å². The van der Waals surface area contributed by atoms with E-state index >= 15 is 0 Å². The first-order chi connectivity index (χ1) is 11.0. The van der Waals surface area contributed by atoms with Crippen molar-refractivity contribution in [1.29, 1.82) is 0 Å². The lowest BCUT2D eigenvalue weighted by molar-refractivity contribution is -0.123. The van der Waals surface area contributed by atoms with Crippen LogP contribution in [0, 0.1) is 6.92 Å². The number of hydrogen-bond acceptors (Lipinski definition) is 2. The average molecular weight is 376 g/mol. The molecule has 2 rings (SSSR count). The van der Waals surface area contributed by atoms with E-state index in [4.69, 9.17) is 4.74 Å². The lowest BCUT2D eigenvalue weighted by Gasteiger charge is -2.15. The molecule has 1 N–H and O–H groups in total. The molecule has 0 bridgehead atoms. The first kappa shape index (κ1) is 17.5. The summed E-state index contributed by atoms with van der Waals surface area (Å²) in [6, 6.07) is 16.2.